The van der Waals surface area contributed by atoms with Gasteiger partial charge >= 0.3 is 6.03 Å². The second kappa shape index (κ2) is 10.8. The number of rotatable bonds is 7. The molecule has 0 unspecified atom stereocenters. The predicted molar refractivity (Wildman–Crippen MR) is 141 cm³/mol. The Morgan fingerprint density at radius 3 is 2.62 bits per heavy atom. The van der Waals surface area contributed by atoms with E-state index in [1.54, 1.807) is 55.0 Å². The van der Waals surface area contributed by atoms with Gasteiger partial charge in [-0.3, -0.25) is 15.4 Å². The highest BCUT2D eigenvalue weighted by Gasteiger charge is 2.16. The van der Waals surface area contributed by atoms with Gasteiger partial charge in [-0.15, -0.1) is 0 Å². The van der Waals surface area contributed by atoms with E-state index in [0.717, 1.165) is 11.3 Å². The molecule has 0 aliphatic carbocycles. The highest BCUT2D eigenvalue weighted by atomic mass is 19.1. The van der Waals surface area contributed by atoms with Gasteiger partial charge in [0.15, 0.2) is 0 Å². The lowest BCUT2D eigenvalue weighted by molar-refractivity contribution is 0.262. The molecule has 0 saturated heterocycles. The lowest BCUT2D eigenvalue weighted by Crippen LogP contribution is -2.22. The molecular formula is C27H22FN9O2. The quantitative estimate of drug-likeness (QED) is 0.251. The van der Waals surface area contributed by atoms with Gasteiger partial charge in [0.1, 0.15) is 34.9 Å². The van der Waals surface area contributed by atoms with Crippen molar-refractivity contribution >= 4 is 17.5 Å². The summed E-state index contributed by atoms with van der Waals surface area (Å²) in [6, 6.07) is 13.7. The van der Waals surface area contributed by atoms with Crippen LogP contribution in [0.5, 0.6) is 11.5 Å². The van der Waals surface area contributed by atoms with E-state index in [1.807, 2.05) is 19.9 Å². The maximum atomic E-state index is 14.9. The van der Waals surface area contributed by atoms with Crippen LogP contribution in [0.3, 0.4) is 0 Å². The molecule has 0 bridgehead atoms. The second-order valence-corrected chi connectivity index (χ2v) is 8.72. The number of H-pyrrole nitrogens is 1. The van der Waals surface area contributed by atoms with Gasteiger partial charge in [-0.25, -0.2) is 18.9 Å². The van der Waals surface area contributed by atoms with Crippen molar-refractivity contribution in [3.63, 3.8) is 0 Å². The summed E-state index contributed by atoms with van der Waals surface area (Å²) in [6.07, 6.45) is 6.40. The van der Waals surface area contributed by atoms with Gasteiger partial charge in [-0.2, -0.15) is 15.5 Å². The molecule has 4 aromatic heterocycles. The molecule has 5 aromatic rings. The second-order valence-electron chi connectivity index (χ2n) is 8.72. The summed E-state index contributed by atoms with van der Waals surface area (Å²) >= 11 is 0. The van der Waals surface area contributed by atoms with Crippen LogP contribution in [0.2, 0.25) is 0 Å². The number of anilines is 2. The predicted octanol–water partition coefficient (Wildman–Crippen LogP) is 5.62. The molecule has 0 aliphatic heterocycles. The van der Waals surface area contributed by atoms with Crippen molar-refractivity contribution < 1.29 is 13.9 Å². The third-order valence-electron chi connectivity index (χ3n) is 5.62. The van der Waals surface area contributed by atoms with Gasteiger partial charge in [0.05, 0.1) is 35.2 Å². The summed E-state index contributed by atoms with van der Waals surface area (Å²) < 4.78 is 22.2. The van der Waals surface area contributed by atoms with Crippen molar-refractivity contribution in [3.8, 4) is 34.5 Å². The Morgan fingerprint density at radius 2 is 1.92 bits per heavy atom. The van der Waals surface area contributed by atoms with E-state index >= 15 is 0 Å². The number of nitriles is 1. The summed E-state index contributed by atoms with van der Waals surface area (Å²) in [5.74, 6) is 0.470. The van der Waals surface area contributed by atoms with E-state index in [-0.39, 0.29) is 23.0 Å². The lowest BCUT2D eigenvalue weighted by Gasteiger charge is -2.12. The number of aromatic amines is 1. The number of benzene rings is 1. The van der Waals surface area contributed by atoms with Crippen LogP contribution in [0.4, 0.5) is 20.7 Å². The number of carbonyl (C=O) groups excluding carboxylic acids is 1. The van der Waals surface area contributed by atoms with E-state index < -0.39 is 11.8 Å². The molecule has 194 valence electrons. The molecule has 11 nitrogen and oxygen atoms in total. The van der Waals surface area contributed by atoms with Crippen LogP contribution >= 0.6 is 0 Å². The number of ether oxygens (including phenoxy) is 1. The fraction of sp³-hybridized carbons (Fsp3) is 0.111. The molecule has 39 heavy (non-hydrogen) atoms. The first-order chi connectivity index (χ1) is 18.9. The van der Waals surface area contributed by atoms with Gasteiger partial charge in [-0.05, 0) is 36.2 Å². The van der Waals surface area contributed by atoms with Crippen molar-refractivity contribution in [1.29, 1.82) is 5.26 Å². The third-order valence-corrected chi connectivity index (χ3v) is 5.62. The van der Waals surface area contributed by atoms with E-state index in [4.69, 9.17) is 10.00 Å². The number of pyridine rings is 2. The minimum absolute atomic E-state index is 0.0381. The van der Waals surface area contributed by atoms with Gasteiger partial charge in [0.25, 0.3) is 0 Å². The van der Waals surface area contributed by atoms with Gasteiger partial charge < -0.3 is 10.1 Å². The monoisotopic (exact) mass is 523 g/mol. The van der Waals surface area contributed by atoms with Crippen molar-refractivity contribution in [2.45, 2.75) is 19.8 Å². The first kappa shape index (κ1) is 25.1. The van der Waals surface area contributed by atoms with Crippen LogP contribution < -0.4 is 15.4 Å². The fourth-order valence-electron chi connectivity index (χ4n) is 3.64. The van der Waals surface area contributed by atoms with Gasteiger partial charge in [0.2, 0.25) is 0 Å². The largest absolute Gasteiger partial charge is 0.457 e. The van der Waals surface area contributed by atoms with Gasteiger partial charge in [-0.1, -0.05) is 13.8 Å². The van der Waals surface area contributed by atoms with E-state index in [9.17, 15) is 9.18 Å². The normalized spacial score (nSPS) is 10.7. The molecule has 0 saturated carbocycles. The highest BCUT2D eigenvalue weighted by Crippen LogP contribution is 2.28. The van der Waals surface area contributed by atoms with Crippen LogP contribution in [0.1, 0.15) is 31.2 Å². The average Bonchev–Trinajstić information content (AvgIpc) is 3.62. The van der Waals surface area contributed by atoms with E-state index in [0.29, 0.717) is 22.9 Å². The van der Waals surface area contributed by atoms with Crippen molar-refractivity contribution in [1.82, 2.24) is 29.9 Å². The topological polar surface area (TPSA) is 146 Å². The Labute approximate surface area is 222 Å². The SMILES string of the molecule is CC(C)c1cc(NC(=O)Nc2ccc(Oc3ccnc(-c4cn[nH]c4)c3)cc2F)n(-c2ccc(C#N)nc2)n1. The van der Waals surface area contributed by atoms with Crippen molar-refractivity contribution in [2.24, 2.45) is 0 Å². The number of hydrogen-bond acceptors (Lipinski definition) is 7. The Kier molecular flexibility index (Phi) is 6.96. The average molecular weight is 524 g/mol. The fourth-order valence-corrected chi connectivity index (χ4v) is 3.64. The van der Waals surface area contributed by atoms with Crippen LogP contribution in [-0.2, 0) is 0 Å². The van der Waals surface area contributed by atoms with Crippen molar-refractivity contribution in [2.75, 3.05) is 10.6 Å². The minimum Gasteiger partial charge on any atom is -0.457 e. The third kappa shape index (κ3) is 5.72. The van der Waals surface area contributed by atoms with Crippen LogP contribution in [-0.4, -0.2) is 36.0 Å². The molecule has 3 N–H and O–H groups in total. The number of halogens is 1. The Hall–Kier alpha value is -5.57. The number of carbonyl (C=O) groups is 1. The highest BCUT2D eigenvalue weighted by molar-refractivity contribution is 5.99. The lowest BCUT2D eigenvalue weighted by atomic mass is 10.1. The molecule has 0 radical (unpaired) electrons. The van der Waals surface area contributed by atoms with Gasteiger partial charge in [0, 0.05) is 36.2 Å². The summed E-state index contributed by atoms with van der Waals surface area (Å²) in [4.78, 5) is 21.1. The molecule has 12 heteroatoms. The minimum atomic E-state index is -0.681. The molecule has 0 atom stereocenters. The summed E-state index contributed by atoms with van der Waals surface area (Å²) in [5, 5.41) is 25.4. The Morgan fingerprint density at radius 1 is 1.08 bits per heavy atom. The number of amides is 2. The van der Waals surface area contributed by atoms with E-state index in [1.165, 1.54) is 23.0 Å². The Balaban J connectivity index is 1.30. The number of nitrogens with one attached hydrogen (secondary N) is 3. The smallest absolute Gasteiger partial charge is 0.324 e. The molecule has 1 aromatic carbocycles. The molecule has 0 aliphatic rings. The summed E-state index contributed by atoms with van der Waals surface area (Å²) in [5.41, 5.74) is 2.93. The first-order valence-corrected chi connectivity index (χ1v) is 11.9. The zero-order valence-electron chi connectivity index (χ0n) is 20.9. The molecule has 5 rings (SSSR count). The van der Waals surface area contributed by atoms with E-state index in [2.05, 4.69) is 35.9 Å². The molecule has 0 fully saturated rings. The number of urea groups is 1. The molecule has 4 heterocycles. The molecule has 0 spiro atoms. The number of nitrogens with zero attached hydrogens (tertiary/aromatic N) is 6. The molecule has 2 amide bonds. The van der Waals surface area contributed by atoms with Crippen molar-refractivity contribution in [3.05, 3.63) is 90.5 Å². The summed E-state index contributed by atoms with van der Waals surface area (Å²) in [6.45, 7) is 3.94. The number of hydrogen-bond donors (Lipinski definition) is 3. The standard InChI is InChI=1S/C27H22FN9O2/c1-16(2)24-11-26(37(36-24)19-4-3-18(12-29)31-15-19)35-27(38)34-23-6-5-20(9-22(23)28)39-21-7-8-30-25(10-21)17-13-32-33-14-17/h3-11,13-16H,1-2H3,(H,32,33)(H2,34,35,38). The zero-order valence-corrected chi connectivity index (χ0v) is 20.9. The van der Waals surface area contributed by atoms with Crippen LogP contribution in [0, 0.1) is 17.1 Å². The Bertz CT molecular complexity index is 1660. The molecular weight excluding hydrogens is 501 g/mol. The van der Waals surface area contributed by atoms with Crippen LogP contribution in [0.25, 0.3) is 16.9 Å². The van der Waals surface area contributed by atoms with Crippen LogP contribution in [0.15, 0.2) is 73.3 Å². The first-order valence-electron chi connectivity index (χ1n) is 11.9. The maximum Gasteiger partial charge on any atom is 0.324 e. The maximum absolute atomic E-state index is 14.9. The summed E-state index contributed by atoms with van der Waals surface area (Å²) in [7, 11) is 0. The zero-order chi connectivity index (χ0) is 27.4. The number of aromatic nitrogens is 6.